The Morgan fingerprint density at radius 2 is 1.98 bits per heavy atom. The third kappa shape index (κ3) is 4.58. The molecule has 4 heterocycles. The van der Waals surface area contributed by atoms with Gasteiger partial charge in [-0.25, -0.2) is 31.4 Å². The van der Waals surface area contributed by atoms with E-state index in [2.05, 4.69) is 25.0 Å². The highest BCUT2D eigenvalue weighted by atomic mass is 32.2. The van der Waals surface area contributed by atoms with Gasteiger partial charge in [0.1, 0.15) is 11.3 Å². The van der Waals surface area contributed by atoms with E-state index in [0.717, 1.165) is 18.4 Å². The lowest BCUT2D eigenvalue weighted by atomic mass is 9.96. The number of sulfonamides is 1. The molecule has 7 rings (SSSR count). The molecule has 1 aliphatic heterocycles. The van der Waals surface area contributed by atoms with Crippen molar-refractivity contribution in [3.05, 3.63) is 41.0 Å². The minimum atomic E-state index is -3.96. The number of amides is 1. The molecule has 0 atom stereocenters. The number of fused-ring (bicyclic) bond motifs is 3. The van der Waals surface area contributed by atoms with Gasteiger partial charge in [0.15, 0.2) is 15.7 Å². The minimum Gasteiger partial charge on any atom is -0.368 e. The summed E-state index contributed by atoms with van der Waals surface area (Å²) in [4.78, 5) is 19.5. The Kier molecular flexibility index (Phi) is 6.24. The van der Waals surface area contributed by atoms with Crippen molar-refractivity contribution in [2.24, 2.45) is 0 Å². The van der Waals surface area contributed by atoms with Crippen molar-refractivity contribution in [2.75, 3.05) is 20.2 Å². The second-order valence-corrected chi connectivity index (χ2v) is 14.0. The van der Waals surface area contributed by atoms with Gasteiger partial charge in [-0.3, -0.25) is 4.79 Å². The summed E-state index contributed by atoms with van der Waals surface area (Å²) in [5.41, 5.74) is 1.42. The van der Waals surface area contributed by atoms with Gasteiger partial charge >= 0.3 is 0 Å². The molecule has 2 saturated carbocycles. The summed E-state index contributed by atoms with van der Waals surface area (Å²) >= 11 is 0.709. The minimum absolute atomic E-state index is 0.0157. The summed E-state index contributed by atoms with van der Waals surface area (Å²) in [6, 6.07) is 4.79. The van der Waals surface area contributed by atoms with Gasteiger partial charge in [-0.15, -0.1) is 10.2 Å². The monoisotopic (exact) mass is 615 g/mol. The van der Waals surface area contributed by atoms with Crippen LogP contribution in [0.3, 0.4) is 0 Å². The van der Waals surface area contributed by atoms with Crippen LogP contribution in [0.25, 0.3) is 32.8 Å². The van der Waals surface area contributed by atoms with E-state index in [1.165, 1.54) is 6.07 Å². The zero-order chi connectivity index (χ0) is 29.4. The quantitative estimate of drug-likeness (QED) is 0.315. The second-order valence-electron chi connectivity index (χ2n) is 11.3. The van der Waals surface area contributed by atoms with Crippen molar-refractivity contribution in [3.8, 4) is 10.7 Å². The number of nitrogens with zero attached hydrogens (tertiary/aromatic N) is 6. The molecule has 1 N–H and O–H groups in total. The first-order chi connectivity index (χ1) is 20.0. The summed E-state index contributed by atoms with van der Waals surface area (Å²) < 4.78 is 64.1. The van der Waals surface area contributed by atoms with Gasteiger partial charge < -0.3 is 9.64 Å². The highest BCUT2D eigenvalue weighted by molar-refractivity contribution is 7.89. The Hall–Kier alpha value is -3.40. The summed E-state index contributed by atoms with van der Waals surface area (Å²) in [6.45, 7) is 2.61. The van der Waals surface area contributed by atoms with Crippen LogP contribution in [0, 0.1) is 0 Å². The van der Waals surface area contributed by atoms with Gasteiger partial charge in [-0.2, -0.15) is 5.10 Å². The Balaban J connectivity index is 1.42. The molecule has 3 aliphatic rings. The van der Waals surface area contributed by atoms with E-state index >= 15 is 0 Å². The third-order valence-corrected chi connectivity index (χ3v) is 10.8. The first kappa shape index (κ1) is 27.4. The fourth-order valence-corrected chi connectivity index (χ4v) is 7.62. The molecule has 220 valence electrons. The molecule has 15 heteroatoms. The topological polar surface area (TPSA) is 132 Å². The van der Waals surface area contributed by atoms with Gasteiger partial charge in [0, 0.05) is 42.8 Å². The average Bonchev–Trinajstić information content (AvgIpc) is 3.78. The number of aromatic nitrogens is 5. The number of rotatable bonds is 8. The number of hydrogen-bond acceptors (Lipinski definition) is 9. The Bertz CT molecular complexity index is 1890. The van der Waals surface area contributed by atoms with Crippen LogP contribution in [0.15, 0.2) is 35.4 Å². The highest BCUT2D eigenvalue weighted by Crippen LogP contribution is 2.43. The second kappa shape index (κ2) is 9.56. The molecule has 3 aromatic heterocycles. The van der Waals surface area contributed by atoms with Crippen LogP contribution in [-0.2, 0) is 19.6 Å². The lowest BCUT2D eigenvalue weighted by molar-refractivity contribution is -0.144. The van der Waals surface area contributed by atoms with Crippen LogP contribution in [0.2, 0.25) is 0 Å². The van der Waals surface area contributed by atoms with Crippen LogP contribution >= 0.6 is 11.3 Å². The zero-order valence-electron chi connectivity index (χ0n) is 22.8. The van der Waals surface area contributed by atoms with Crippen molar-refractivity contribution >= 4 is 49.4 Å². The fourth-order valence-electron chi connectivity index (χ4n) is 5.40. The van der Waals surface area contributed by atoms with Gasteiger partial charge in [0.25, 0.3) is 12.3 Å². The molecule has 11 nitrogen and oxygen atoms in total. The van der Waals surface area contributed by atoms with Crippen molar-refractivity contribution in [3.63, 3.8) is 0 Å². The maximum Gasteiger partial charge on any atom is 0.291 e. The number of ether oxygens (including phenoxy) is 1. The van der Waals surface area contributed by atoms with Crippen LogP contribution < -0.4 is 4.72 Å². The predicted molar refractivity (Wildman–Crippen MR) is 150 cm³/mol. The zero-order valence-corrected chi connectivity index (χ0v) is 24.4. The van der Waals surface area contributed by atoms with Gasteiger partial charge in [-0.1, -0.05) is 17.4 Å². The average molecular weight is 616 g/mol. The number of methoxy groups -OCH3 is 1. The van der Waals surface area contributed by atoms with E-state index in [1.807, 2.05) is 13.0 Å². The molecule has 1 aromatic carbocycles. The molecule has 0 radical (unpaired) electrons. The molecule has 4 aromatic rings. The smallest absolute Gasteiger partial charge is 0.291 e. The van der Waals surface area contributed by atoms with Gasteiger partial charge in [-0.05, 0) is 56.7 Å². The first-order valence-electron chi connectivity index (χ1n) is 13.5. The first-order valence-corrected chi connectivity index (χ1v) is 15.8. The molecule has 0 saturated heterocycles. The maximum atomic E-state index is 13.6. The molecule has 0 unspecified atom stereocenters. The van der Waals surface area contributed by atoms with E-state index in [0.29, 0.717) is 65.8 Å². The maximum absolute atomic E-state index is 13.6. The van der Waals surface area contributed by atoms with Crippen molar-refractivity contribution < 1.29 is 26.7 Å². The molecule has 0 bridgehead atoms. The van der Waals surface area contributed by atoms with Gasteiger partial charge in [0.05, 0.1) is 16.6 Å². The molecule has 42 heavy (non-hydrogen) atoms. The number of carbonyl (C=O) groups excluding carboxylic acids is 1. The predicted octanol–water partition coefficient (Wildman–Crippen LogP) is 3.96. The Morgan fingerprint density at radius 1 is 1.19 bits per heavy atom. The van der Waals surface area contributed by atoms with Crippen LogP contribution in [0.4, 0.5) is 8.78 Å². The number of nitrogens with one attached hydrogen (secondary N) is 1. The van der Waals surface area contributed by atoms with Crippen LogP contribution in [-0.4, -0.2) is 75.4 Å². The number of benzene rings is 1. The highest BCUT2D eigenvalue weighted by Gasteiger charge is 2.52. The molecule has 2 aliphatic carbocycles. The standard InChI is InChI=1S/C27H27F2N7O4S2/c1-26(6-7-26)34-42(38,39)16-13-17(15-4-11-35(12-5-15)25(37)27(40-2)8-9-27)21-18(14-16)20(31-19-3-10-30-36(19)21)23-32-33-24(41-23)22(28)29/h3-4,10,13-14,22,34H,5-9,11-12H2,1-2H3. The molecule has 1 amide bonds. The lowest BCUT2D eigenvalue weighted by Crippen LogP contribution is -2.43. The molecular formula is C27H27F2N7O4S2. The van der Waals surface area contributed by atoms with Crippen molar-refractivity contribution in [1.29, 1.82) is 0 Å². The van der Waals surface area contributed by atoms with E-state index in [-0.39, 0.29) is 21.5 Å². The lowest BCUT2D eigenvalue weighted by Gasteiger charge is -2.30. The normalized spacial score (nSPS) is 19.5. The SMILES string of the molecule is COC1(C(=O)N2CC=C(c3cc(S(=O)(=O)NC4(C)CC4)cc4c(-c5nnc(C(F)F)s5)nc5ccnn5c34)CC2)CC1. The number of halogens is 2. The van der Waals surface area contributed by atoms with Crippen molar-refractivity contribution in [2.45, 2.75) is 61.5 Å². The number of alkyl halides is 2. The Labute approximate surface area is 243 Å². The Morgan fingerprint density at radius 3 is 2.60 bits per heavy atom. The molecule has 2 fully saturated rings. The van der Waals surface area contributed by atoms with Crippen LogP contribution in [0.1, 0.15) is 56.0 Å². The molecule has 0 spiro atoms. The largest absolute Gasteiger partial charge is 0.368 e. The summed E-state index contributed by atoms with van der Waals surface area (Å²) in [6.07, 6.45) is 3.99. The number of hydrogen-bond donors (Lipinski definition) is 1. The number of carbonyl (C=O) groups is 1. The van der Waals surface area contributed by atoms with E-state index in [9.17, 15) is 22.0 Å². The third-order valence-electron chi connectivity index (χ3n) is 8.25. The van der Waals surface area contributed by atoms with E-state index in [1.54, 1.807) is 34.9 Å². The van der Waals surface area contributed by atoms with E-state index < -0.39 is 32.6 Å². The van der Waals surface area contributed by atoms with Crippen LogP contribution in [0.5, 0.6) is 0 Å². The fraction of sp³-hybridized carbons (Fsp3) is 0.444. The molecular weight excluding hydrogens is 588 g/mol. The summed E-state index contributed by atoms with van der Waals surface area (Å²) in [7, 11) is -2.41. The van der Waals surface area contributed by atoms with E-state index in [4.69, 9.17) is 4.74 Å². The van der Waals surface area contributed by atoms with Crippen molar-refractivity contribution in [1.82, 2.24) is 34.4 Å². The van der Waals surface area contributed by atoms with Gasteiger partial charge in [0.2, 0.25) is 10.0 Å². The summed E-state index contributed by atoms with van der Waals surface area (Å²) in [5, 5.41) is 12.1. The summed E-state index contributed by atoms with van der Waals surface area (Å²) in [5.74, 6) is -0.0459.